The molecule has 0 aliphatic rings. The molecule has 10 heteroatoms. The Labute approximate surface area is 160 Å². The Morgan fingerprint density at radius 3 is 2.33 bits per heavy atom. The van der Waals surface area contributed by atoms with Crippen LogP contribution in [0.5, 0.6) is 0 Å². The summed E-state index contributed by atoms with van der Waals surface area (Å²) in [7, 11) is 0. The monoisotopic (exact) mass is 394 g/mol. The van der Waals surface area contributed by atoms with E-state index in [1.165, 1.54) is 13.8 Å². The van der Waals surface area contributed by atoms with Crippen LogP contribution in [0.1, 0.15) is 32.4 Å². The number of nitrogens with zero attached hydrogens (tertiary/aromatic N) is 2. The summed E-state index contributed by atoms with van der Waals surface area (Å²) in [6.45, 7) is 4.36. The number of carbonyl (C=O) groups is 3. The van der Waals surface area contributed by atoms with Gasteiger partial charge in [-0.25, -0.2) is 4.63 Å². The molecule has 9 nitrogen and oxygen atoms in total. The fraction of sp³-hybridized carbons (Fsp3) is 0.353. The summed E-state index contributed by atoms with van der Waals surface area (Å²) in [6.07, 6.45) is 0. The molecule has 0 saturated carbocycles. The number of ether oxygens (including phenoxy) is 1. The van der Waals surface area contributed by atoms with Crippen LogP contribution in [0.2, 0.25) is 5.02 Å². The molecule has 0 spiro atoms. The second kappa shape index (κ2) is 9.13. The first-order valence-electron chi connectivity index (χ1n) is 8.12. The van der Waals surface area contributed by atoms with Gasteiger partial charge < -0.3 is 15.4 Å². The third-order valence-electron chi connectivity index (χ3n) is 3.62. The number of hydrogen-bond donors (Lipinski definition) is 2. The minimum Gasteiger partial charge on any atom is -0.465 e. The third-order valence-corrected chi connectivity index (χ3v) is 3.87. The van der Waals surface area contributed by atoms with Crippen molar-refractivity contribution in [2.45, 2.75) is 26.8 Å². The topological polar surface area (TPSA) is 123 Å². The highest BCUT2D eigenvalue weighted by Crippen LogP contribution is 2.31. The van der Waals surface area contributed by atoms with Crippen molar-refractivity contribution in [3.05, 3.63) is 34.9 Å². The maximum atomic E-state index is 12.4. The smallest absolute Gasteiger partial charge is 0.318 e. The zero-order chi connectivity index (χ0) is 20.0. The summed E-state index contributed by atoms with van der Waals surface area (Å²) < 4.78 is 9.70. The Hall–Kier alpha value is -2.94. The molecule has 1 aromatic carbocycles. The molecule has 2 atom stereocenters. The lowest BCUT2D eigenvalue weighted by atomic mass is 9.90. The molecule has 0 aliphatic carbocycles. The van der Waals surface area contributed by atoms with Crippen LogP contribution in [0, 0.1) is 5.92 Å². The van der Waals surface area contributed by atoms with E-state index in [0.29, 0.717) is 10.6 Å². The lowest BCUT2D eigenvalue weighted by molar-refractivity contribution is -0.151. The van der Waals surface area contributed by atoms with Crippen LogP contribution in [0.15, 0.2) is 28.9 Å². The molecule has 2 N–H and O–H groups in total. The molecule has 144 valence electrons. The van der Waals surface area contributed by atoms with Crippen molar-refractivity contribution in [1.82, 2.24) is 10.3 Å². The standard InChI is InChI=1S/C17H19ClN4O5/c1-4-26-17(25)13(9(2)23)14(11-5-7-12(18)8-6-11)20-16-15(19-10(3)24)21-27-22-16/h5-8,13-14H,4H2,1-3H3,(H,20,22)(H,19,21,24)/t13-,14+/m0/s1. The number of nitrogens with one attached hydrogen (secondary N) is 2. The van der Waals surface area contributed by atoms with E-state index < -0.39 is 23.7 Å². The van der Waals surface area contributed by atoms with E-state index in [-0.39, 0.29) is 24.1 Å². The molecule has 0 bridgehead atoms. The molecule has 0 fully saturated rings. The van der Waals surface area contributed by atoms with Crippen LogP contribution in [-0.4, -0.2) is 34.6 Å². The number of rotatable bonds is 8. The number of aromatic nitrogens is 2. The van der Waals surface area contributed by atoms with Gasteiger partial charge in [0.05, 0.1) is 12.6 Å². The number of amides is 1. The summed E-state index contributed by atoms with van der Waals surface area (Å²) in [4.78, 5) is 36.0. The number of benzene rings is 1. The number of esters is 1. The maximum absolute atomic E-state index is 12.4. The zero-order valence-corrected chi connectivity index (χ0v) is 15.7. The number of hydrogen-bond acceptors (Lipinski definition) is 8. The van der Waals surface area contributed by atoms with Crippen LogP contribution in [0.3, 0.4) is 0 Å². The van der Waals surface area contributed by atoms with E-state index >= 15 is 0 Å². The molecule has 1 amide bonds. The molecular weight excluding hydrogens is 376 g/mol. The van der Waals surface area contributed by atoms with E-state index in [1.807, 2.05) is 0 Å². The summed E-state index contributed by atoms with van der Waals surface area (Å²) >= 11 is 5.93. The molecule has 0 radical (unpaired) electrons. The van der Waals surface area contributed by atoms with E-state index in [0.717, 1.165) is 0 Å². The molecule has 2 aromatic rings. The van der Waals surface area contributed by atoms with Gasteiger partial charge in [-0.1, -0.05) is 23.7 Å². The SMILES string of the molecule is CCOC(=O)[C@@H](C(C)=O)[C@H](Nc1nonc1NC(C)=O)c1ccc(Cl)cc1. The van der Waals surface area contributed by atoms with Gasteiger partial charge in [-0.15, -0.1) is 0 Å². The van der Waals surface area contributed by atoms with Crippen molar-refractivity contribution in [3.63, 3.8) is 0 Å². The van der Waals surface area contributed by atoms with Crippen molar-refractivity contribution in [1.29, 1.82) is 0 Å². The molecule has 27 heavy (non-hydrogen) atoms. The highest BCUT2D eigenvalue weighted by Gasteiger charge is 2.36. The second-order valence-electron chi connectivity index (χ2n) is 5.66. The number of ketones is 1. The number of anilines is 2. The lowest BCUT2D eigenvalue weighted by Crippen LogP contribution is -2.34. The Balaban J connectivity index is 2.44. The Morgan fingerprint density at radius 2 is 1.78 bits per heavy atom. The Morgan fingerprint density at radius 1 is 1.15 bits per heavy atom. The first-order chi connectivity index (χ1) is 12.8. The van der Waals surface area contributed by atoms with Gasteiger partial charge in [0.15, 0.2) is 0 Å². The largest absolute Gasteiger partial charge is 0.465 e. The highest BCUT2D eigenvalue weighted by molar-refractivity contribution is 6.30. The maximum Gasteiger partial charge on any atom is 0.318 e. The highest BCUT2D eigenvalue weighted by atomic mass is 35.5. The fourth-order valence-corrected chi connectivity index (χ4v) is 2.60. The van der Waals surface area contributed by atoms with Gasteiger partial charge in [0.1, 0.15) is 11.7 Å². The van der Waals surface area contributed by atoms with Crippen molar-refractivity contribution < 1.29 is 23.7 Å². The first kappa shape index (κ1) is 20.4. The third kappa shape index (κ3) is 5.27. The van der Waals surface area contributed by atoms with E-state index in [9.17, 15) is 14.4 Å². The van der Waals surface area contributed by atoms with Crippen molar-refractivity contribution in [2.75, 3.05) is 17.2 Å². The molecule has 0 aliphatic heterocycles. The number of Topliss-reactive ketones (excluding diaryl/α,β-unsaturated/α-hetero) is 1. The van der Waals surface area contributed by atoms with Crippen LogP contribution < -0.4 is 10.6 Å². The Bertz CT molecular complexity index is 821. The van der Waals surface area contributed by atoms with Crippen LogP contribution >= 0.6 is 11.6 Å². The summed E-state index contributed by atoms with van der Waals surface area (Å²) in [5.74, 6) is -2.53. The van der Waals surface area contributed by atoms with Crippen LogP contribution in [0.25, 0.3) is 0 Å². The van der Waals surface area contributed by atoms with Crippen LogP contribution in [0.4, 0.5) is 11.6 Å². The summed E-state index contributed by atoms with van der Waals surface area (Å²) in [5.41, 5.74) is 0.587. The summed E-state index contributed by atoms with van der Waals surface area (Å²) in [5, 5.41) is 13.2. The average molecular weight is 395 g/mol. The summed E-state index contributed by atoms with van der Waals surface area (Å²) in [6, 6.07) is 5.74. The zero-order valence-electron chi connectivity index (χ0n) is 15.0. The first-order valence-corrected chi connectivity index (χ1v) is 8.50. The van der Waals surface area contributed by atoms with Gasteiger partial charge in [0.2, 0.25) is 17.5 Å². The van der Waals surface area contributed by atoms with Crippen molar-refractivity contribution >= 4 is 40.9 Å². The van der Waals surface area contributed by atoms with E-state index in [1.54, 1.807) is 31.2 Å². The molecule has 2 rings (SSSR count). The predicted molar refractivity (Wildman–Crippen MR) is 97.2 cm³/mol. The minimum absolute atomic E-state index is 0.0348. The van der Waals surface area contributed by atoms with Crippen LogP contribution in [-0.2, 0) is 19.1 Å². The Kier molecular flexibility index (Phi) is 6.89. The van der Waals surface area contributed by atoms with Gasteiger partial charge in [-0.05, 0) is 41.9 Å². The average Bonchev–Trinajstić information content (AvgIpc) is 3.01. The fourth-order valence-electron chi connectivity index (χ4n) is 2.48. The molecular formula is C17H19ClN4O5. The molecule has 0 unspecified atom stereocenters. The molecule has 0 saturated heterocycles. The van der Waals surface area contributed by atoms with Gasteiger partial charge in [-0.3, -0.25) is 14.4 Å². The number of carbonyl (C=O) groups excluding carboxylic acids is 3. The van der Waals surface area contributed by atoms with E-state index in [2.05, 4.69) is 25.6 Å². The van der Waals surface area contributed by atoms with Gasteiger partial charge in [0, 0.05) is 11.9 Å². The quantitative estimate of drug-likeness (QED) is 0.517. The van der Waals surface area contributed by atoms with Gasteiger partial charge in [0.25, 0.3) is 0 Å². The van der Waals surface area contributed by atoms with E-state index in [4.69, 9.17) is 16.3 Å². The van der Waals surface area contributed by atoms with Gasteiger partial charge >= 0.3 is 5.97 Å². The predicted octanol–water partition coefficient (Wildman–Crippen LogP) is 2.60. The number of halogens is 1. The van der Waals surface area contributed by atoms with Crippen molar-refractivity contribution in [2.24, 2.45) is 5.92 Å². The minimum atomic E-state index is -1.16. The second-order valence-corrected chi connectivity index (χ2v) is 6.09. The van der Waals surface area contributed by atoms with Gasteiger partial charge in [-0.2, -0.15) is 0 Å². The normalized spacial score (nSPS) is 12.7. The lowest BCUT2D eigenvalue weighted by Gasteiger charge is -2.25. The van der Waals surface area contributed by atoms with Crippen molar-refractivity contribution in [3.8, 4) is 0 Å². The molecule has 1 aromatic heterocycles. The molecule has 1 heterocycles.